The lowest BCUT2D eigenvalue weighted by Crippen LogP contribution is -2.21. The fraction of sp³-hybridized carbons (Fsp3) is 0.654. The van der Waals surface area contributed by atoms with Gasteiger partial charge in [-0.2, -0.15) is 0 Å². The highest BCUT2D eigenvalue weighted by Crippen LogP contribution is 2.42. The van der Waals surface area contributed by atoms with Gasteiger partial charge in [0.15, 0.2) is 0 Å². The normalized spacial score (nSPS) is 28.0. The van der Waals surface area contributed by atoms with E-state index < -0.39 is 0 Å². The van der Waals surface area contributed by atoms with E-state index in [1.165, 1.54) is 12.1 Å². The minimum Gasteiger partial charge on any atom is -0.493 e. The maximum atomic E-state index is 13.2. The minimum absolute atomic E-state index is 0.0626. The first kappa shape index (κ1) is 24.7. The molecule has 3 rings (SSSR count). The summed E-state index contributed by atoms with van der Waals surface area (Å²) < 4.78 is 30.2. The maximum Gasteiger partial charge on any atom is 0.306 e. The highest BCUT2D eigenvalue weighted by molar-refractivity contribution is 5.69. The molecule has 1 aromatic rings. The molecule has 1 aliphatic carbocycles. The van der Waals surface area contributed by atoms with Crippen LogP contribution in [0.25, 0.3) is 0 Å². The standard InChI is InChI=1S/C26H37FO5/c1-18(2)32-26(29)11-5-7-19-12-13-23-22(24(28)16-25(23)31-17-19)10-3-4-14-30-21-9-6-8-20(27)15-21/h3,6,8-10,15,18-19,22-25,28H,4-5,7,11-14,16-17H2,1-2H3/b10-3+/t19-,22+,23+,24+,25-/m0/s1. The zero-order chi connectivity index (χ0) is 22.9. The molecule has 32 heavy (non-hydrogen) atoms. The molecule has 1 saturated carbocycles. The van der Waals surface area contributed by atoms with E-state index >= 15 is 0 Å². The van der Waals surface area contributed by atoms with Crippen LogP contribution in [0.15, 0.2) is 36.4 Å². The average molecular weight is 449 g/mol. The molecule has 2 fully saturated rings. The quantitative estimate of drug-likeness (QED) is 0.308. The van der Waals surface area contributed by atoms with Crippen LogP contribution < -0.4 is 4.74 Å². The van der Waals surface area contributed by atoms with Crippen LogP contribution in [-0.2, 0) is 14.3 Å². The Hall–Kier alpha value is -1.92. The molecule has 0 spiro atoms. The molecule has 178 valence electrons. The first-order valence-electron chi connectivity index (χ1n) is 12.0. The van der Waals surface area contributed by atoms with Crippen molar-refractivity contribution in [1.29, 1.82) is 0 Å². The molecule has 5 nitrogen and oxygen atoms in total. The van der Waals surface area contributed by atoms with Crippen molar-refractivity contribution in [2.24, 2.45) is 17.8 Å². The van der Waals surface area contributed by atoms with Crippen LogP contribution >= 0.6 is 0 Å². The molecule has 1 aromatic carbocycles. The third kappa shape index (κ3) is 7.59. The Kier molecular flexibility index (Phi) is 9.54. The molecule has 2 aliphatic rings. The van der Waals surface area contributed by atoms with E-state index in [0.717, 1.165) is 25.7 Å². The van der Waals surface area contributed by atoms with Gasteiger partial charge < -0.3 is 19.3 Å². The molecule has 1 N–H and O–H groups in total. The summed E-state index contributed by atoms with van der Waals surface area (Å²) in [5.74, 6) is 0.964. The lowest BCUT2D eigenvalue weighted by Gasteiger charge is -2.20. The lowest BCUT2D eigenvalue weighted by molar-refractivity contribution is -0.147. The minimum atomic E-state index is -0.382. The number of carbonyl (C=O) groups is 1. The van der Waals surface area contributed by atoms with Gasteiger partial charge in [0.2, 0.25) is 0 Å². The van der Waals surface area contributed by atoms with Crippen LogP contribution in [-0.4, -0.2) is 42.6 Å². The average Bonchev–Trinajstić information content (AvgIpc) is 2.89. The van der Waals surface area contributed by atoms with Crippen molar-refractivity contribution in [3.05, 3.63) is 42.2 Å². The van der Waals surface area contributed by atoms with Crippen molar-refractivity contribution in [1.82, 2.24) is 0 Å². The van der Waals surface area contributed by atoms with Gasteiger partial charge in [-0.05, 0) is 69.9 Å². The Morgan fingerprint density at radius 2 is 2.19 bits per heavy atom. The van der Waals surface area contributed by atoms with Gasteiger partial charge in [-0.3, -0.25) is 4.79 Å². The Morgan fingerprint density at radius 1 is 1.34 bits per heavy atom. The summed E-state index contributed by atoms with van der Waals surface area (Å²) in [6.07, 6.45) is 9.52. The van der Waals surface area contributed by atoms with Gasteiger partial charge in [-0.1, -0.05) is 18.2 Å². The van der Waals surface area contributed by atoms with Crippen LogP contribution in [0.2, 0.25) is 0 Å². The van der Waals surface area contributed by atoms with Gasteiger partial charge in [0, 0.05) is 31.4 Å². The summed E-state index contributed by atoms with van der Waals surface area (Å²) in [5.41, 5.74) is 0. The SMILES string of the molecule is CC(C)OC(=O)CCC[C@H]1CC[C@@H]2[C@@H](/C=C/CCOc3cccc(F)c3)[C@H](O)C[C@@H]2OC1. The lowest BCUT2D eigenvalue weighted by atomic mass is 9.86. The summed E-state index contributed by atoms with van der Waals surface area (Å²) in [5, 5.41) is 10.6. The predicted octanol–water partition coefficient (Wildman–Crippen LogP) is 5.06. The zero-order valence-corrected chi connectivity index (χ0v) is 19.3. The summed E-state index contributed by atoms with van der Waals surface area (Å²) in [6.45, 7) is 4.90. The molecule has 1 heterocycles. The highest BCUT2D eigenvalue weighted by Gasteiger charge is 2.43. The fourth-order valence-corrected chi connectivity index (χ4v) is 4.85. The second-order valence-electron chi connectivity index (χ2n) is 9.31. The zero-order valence-electron chi connectivity index (χ0n) is 19.3. The number of hydrogen-bond donors (Lipinski definition) is 1. The first-order valence-corrected chi connectivity index (χ1v) is 12.0. The van der Waals surface area contributed by atoms with Crippen LogP contribution in [0, 0.1) is 23.6 Å². The topological polar surface area (TPSA) is 65.0 Å². The van der Waals surface area contributed by atoms with Crippen LogP contribution in [0.3, 0.4) is 0 Å². The number of aliphatic hydroxyl groups excluding tert-OH is 1. The molecule has 5 atom stereocenters. The van der Waals surface area contributed by atoms with Crippen molar-refractivity contribution >= 4 is 5.97 Å². The number of aliphatic hydroxyl groups is 1. The third-order valence-electron chi connectivity index (χ3n) is 6.41. The fourth-order valence-electron chi connectivity index (χ4n) is 4.85. The number of hydrogen-bond acceptors (Lipinski definition) is 5. The maximum absolute atomic E-state index is 13.2. The predicted molar refractivity (Wildman–Crippen MR) is 121 cm³/mol. The van der Waals surface area contributed by atoms with E-state index in [9.17, 15) is 14.3 Å². The van der Waals surface area contributed by atoms with E-state index in [0.29, 0.717) is 50.1 Å². The van der Waals surface area contributed by atoms with Crippen molar-refractivity contribution in [3.8, 4) is 5.75 Å². The van der Waals surface area contributed by atoms with E-state index in [2.05, 4.69) is 12.2 Å². The van der Waals surface area contributed by atoms with E-state index in [1.54, 1.807) is 12.1 Å². The largest absolute Gasteiger partial charge is 0.493 e. The van der Waals surface area contributed by atoms with E-state index in [1.807, 2.05) is 13.8 Å². The molecule has 0 radical (unpaired) electrons. The Labute approximate surface area is 190 Å². The second-order valence-corrected chi connectivity index (χ2v) is 9.31. The van der Waals surface area contributed by atoms with Gasteiger partial charge in [0.1, 0.15) is 11.6 Å². The molecule has 0 amide bonds. The third-order valence-corrected chi connectivity index (χ3v) is 6.41. The molecule has 0 aromatic heterocycles. The summed E-state index contributed by atoms with van der Waals surface area (Å²) in [7, 11) is 0. The number of benzene rings is 1. The van der Waals surface area contributed by atoms with Crippen molar-refractivity contribution in [2.75, 3.05) is 13.2 Å². The number of ether oxygens (including phenoxy) is 3. The van der Waals surface area contributed by atoms with Crippen molar-refractivity contribution < 1.29 is 28.5 Å². The van der Waals surface area contributed by atoms with Crippen LogP contribution in [0.4, 0.5) is 4.39 Å². The summed E-state index contributed by atoms with van der Waals surface area (Å²) in [6, 6.07) is 6.14. The van der Waals surface area contributed by atoms with Gasteiger partial charge in [-0.25, -0.2) is 4.39 Å². The highest BCUT2D eigenvalue weighted by atomic mass is 19.1. The molecule has 1 aliphatic heterocycles. The molecular weight excluding hydrogens is 411 g/mol. The number of rotatable bonds is 10. The second kappa shape index (κ2) is 12.4. The first-order chi connectivity index (χ1) is 15.4. The molecule has 1 saturated heterocycles. The summed E-state index contributed by atoms with van der Waals surface area (Å²) >= 11 is 0. The number of carbonyl (C=O) groups excluding carboxylic acids is 1. The van der Waals surface area contributed by atoms with Crippen molar-refractivity contribution in [3.63, 3.8) is 0 Å². The molecular formula is C26H37FO5. The van der Waals surface area contributed by atoms with Crippen LogP contribution in [0.5, 0.6) is 5.75 Å². The smallest absolute Gasteiger partial charge is 0.306 e. The van der Waals surface area contributed by atoms with Crippen LogP contribution in [0.1, 0.15) is 58.8 Å². The molecule has 0 bridgehead atoms. The molecule has 0 unspecified atom stereocenters. The van der Waals surface area contributed by atoms with Gasteiger partial charge >= 0.3 is 5.97 Å². The van der Waals surface area contributed by atoms with E-state index in [-0.39, 0.29) is 36.0 Å². The monoisotopic (exact) mass is 448 g/mol. The van der Waals surface area contributed by atoms with Gasteiger partial charge in [0.05, 0.1) is 24.9 Å². The Balaban J connectivity index is 1.40. The number of fused-ring (bicyclic) bond motifs is 1. The number of esters is 1. The summed E-state index contributed by atoms with van der Waals surface area (Å²) in [4.78, 5) is 11.7. The van der Waals surface area contributed by atoms with E-state index in [4.69, 9.17) is 14.2 Å². The molecule has 6 heteroatoms. The Morgan fingerprint density at radius 3 is 2.97 bits per heavy atom. The van der Waals surface area contributed by atoms with Crippen molar-refractivity contribution in [2.45, 2.75) is 77.1 Å². The number of halogens is 1. The van der Waals surface area contributed by atoms with Gasteiger partial charge in [0.25, 0.3) is 0 Å². The Bertz CT molecular complexity index is 749. The van der Waals surface area contributed by atoms with Gasteiger partial charge in [-0.15, -0.1) is 0 Å².